The van der Waals surface area contributed by atoms with Gasteiger partial charge in [-0.3, -0.25) is 0 Å². The number of hydrogen-bond acceptors (Lipinski definition) is 4. The van der Waals surface area contributed by atoms with E-state index in [9.17, 15) is 9.18 Å². The van der Waals surface area contributed by atoms with Crippen LogP contribution in [0.4, 0.5) is 4.39 Å². The van der Waals surface area contributed by atoms with Crippen LogP contribution >= 0.6 is 15.9 Å². The molecule has 0 spiro atoms. The van der Waals surface area contributed by atoms with Crippen LogP contribution in [0, 0.1) is 5.82 Å². The van der Waals surface area contributed by atoms with Crippen molar-refractivity contribution < 1.29 is 18.7 Å². The van der Waals surface area contributed by atoms with Gasteiger partial charge in [0, 0.05) is 21.2 Å². The van der Waals surface area contributed by atoms with Gasteiger partial charge < -0.3 is 9.47 Å². The Bertz CT molecular complexity index is 1130. The third kappa shape index (κ3) is 4.43. The summed E-state index contributed by atoms with van der Waals surface area (Å²) in [5, 5.41) is 0. The fourth-order valence-corrected chi connectivity index (χ4v) is 3.17. The molecule has 0 saturated carbocycles. The fourth-order valence-electron chi connectivity index (χ4n) is 2.80. The molecule has 0 amide bonds. The summed E-state index contributed by atoms with van der Waals surface area (Å²) < 4.78 is 25.8. The molecule has 0 atom stereocenters. The lowest BCUT2D eigenvalue weighted by Gasteiger charge is -2.10. The predicted octanol–water partition coefficient (Wildman–Crippen LogP) is 5.51. The van der Waals surface area contributed by atoms with Crippen molar-refractivity contribution in [3.8, 4) is 5.75 Å². The maximum Gasteiger partial charge on any atom is 0.363 e. The molecule has 144 valence electrons. The van der Waals surface area contributed by atoms with Crippen molar-refractivity contribution in [2.24, 2.45) is 4.99 Å². The maximum absolute atomic E-state index is 13.9. The van der Waals surface area contributed by atoms with Crippen molar-refractivity contribution in [2.75, 3.05) is 0 Å². The number of aliphatic imine (C=N–C) groups is 1. The third-order valence-electron chi connectivity index (χ3n) is 4.25. The van der Waals surface area contributed by atoms with E-state index in [0.29, 0.717) is 16.9 Å². The van der Waals surface area contributed by atoms with E-state index in [1.165, 1.54) is 6.07 Å². The van der Waals surface area contributed by atoms with Crippen LogP contribution in [0.5, 0.6) is 5.75 Å². The van der Waals surface area contributed by atoms with Crippen LogP contribution in [0.15, 0.2) is 88.0 Å². The number of ether oxygens (including phenoxy) is 2. The molecule has 0 aromatic heterocycles. The summed E-state index contributed by atoms with van der Waals surface area (Å²) in [5.41, 5.74) is 1.95. The molecule has 3 aromatic carbocycles. The zero-order valence-electron chi connectivity index (χ0n) is 15.1. The molecule has 4 nitrogen and oxygen atoms in total. The quantitative estimate of drug-likeness (QED) is 0.379. The van der Waals surface area contributed by atoms with Crippen LogP contribution in [0.25, 0.3) is 6.08 Å². The SMILES string of the molecule is O=C1OC(c2ccccc2)=N/C1=C\c1cc(Br)ccc1OCc1ccccc1F. The van der Waals surface area contributed by atoms with Gasteiger partial charge in [-0.2, -0.15) is 0 Å². The van der Waals surface area contributed by atoms with Crippen LogP contribution < -0.4 is 4.74 Å². The monoisotopic (exact) mass is 451 g/mol. The van der Waals surface area contributed by atoms with E-state index >= 15 is 0 Å². The Labute approximate surface area is 175 Å². The normalized spacial score (nSPS) is 14.6. The third-order valence-corrected chi connectivity index (χ3v) is 4.74. The molecule has 0 fully saturated rings. The smallest absolute Gasteiger partial charge is 0.363 e. The average Bonchev–Trinajstić information content (AvgIpc) is 3.09. The number of benzene rings is 3. The number of cyclic esters (lactones) is 1. The molecule has 6 heteroatoms. The molecule has 0 aliphatic carbocycles. The first-order valence-corrected chi connectivity index (χ1v) is 9.63. The molecule has 0 unspecified atom stereocenters. The lowest BCUT2D eigenvalue weighted by Crippen LogP contribution is -2.05. The summed E-state index contributed by atoms with van der Waals surface area (Å²) in [7, 11) is 0. The number of halogens is 2. The van der Waals surface area contributed by atoms with Crippen molar-refractivity contribution in [1.82, 2.24) is 0 Å². The van der Waals surface area contributed by atoms with Crippen molar-refractivity contribution in [1.29, 1.82) is 0 Å². The lowest BCUT2D eigenvalue weighted by atomic mass is 10.1. The van der Waals surface area contributed by atoms with E-state index in [1.54, 1.807) is 36.4 Å². The minimum absolute atomic E-state index is 0.0630. The highest BCUT2D eigenvalue weighted by molar-refractivity contribution is 9.10. The number of carbonyl (C=O) groups excluding carboxylic acids is 1. The molecule has 0 radical (unpaired) electrons. The van der Waals surface area contributed by atoms with Gasteiger partial charge in [0.25, 0.3) is 0 Å². The minimum Gasteiger partial charge on any atom is -0.488 e. The highest BCUT2D eigenvalue weighted by atomic mass is 79.9. The molecule has 3 aromatic rings. The summed E-state index contributed by atoms with van der Waals surface area (Å²) in [5.74, 6) is -0.115. The van der Waals surface area contributed by atoms with Gasteiger partial charge in [0.05, 0.1) is 0 Å². The molecule has 1 aliphatic rings. The van der Waals surface area contributed by atoms with Gasteiger partial charge in [-0.05, 0) is 42.5 Å². The van der Waals surface area contributed by atoms with Gasteiger partial charge in [-0.1, -0.05) is 52.3 Å². The van der Waals surface area contributed by atoms with E-state index in [4.69, 9.17) is 9.47 Å². The topological polar surface area (TPSA) is 47.9 Å². The zero-order chi connectivity index (χ0) is 20.2. The Hall–Kier alpha value is -3.25. The molecular formula is C23H15BrFNO3. The molecule has 1 aliphatic heterocycles. The molecule has 4 rings (SSSR count). The second-order valence-electron chi connectivity index (χ2n) is 6.26. The van der Waals surface area contributed by atoms with Crippen LogP contribution in [-0.4, -0.2) is 11.9 Å². The second kappa shape index (κ2) is 8.41. The number of esters is 1. The Morgan fingerprint density at radius 1 is 1.03 bits per heavy atom. The summed E-state index contributed by atoms with van der Waals surface area (Å²) >= 11 is 3.42. The average molecular weight is 452 g/mol. The van der Waals surface area contributed by atoms with Gasteiger partial charge in [0.1, 0.15) is 18.2 Å². The number of hydrogen-bond donors (Lipinski definition) is 0. The van der Waals surface area contributed by atoms with E-state index in [2.05, 4.69) is 20.9 Å². The first kappa shape index (κ1) is 19.1. The Balaban J connectivity index is 1.63. The highest BCUT2D eigenvalue weighted by Gasteiger charge is 2.24. The van der Waals surface area contributed by atoms with E-state index < -0.39 is 5.97 Å². The van der Waals surface area contributed by atoms with Crippen LogP contribution in [0.3, 0.4) is 0 Å². The molecule has 0 saturated heterocycles. The van der Waals surface area contributed by atoms with Gasteiger partial charge in [-0.25, -0.2) is 14.2 Å². The molecule has 1 heterocycles. The number of carbonyl (C=O) groups is 1. The fraction of sp³-hybridized carbons (Fsp3) is 0.0435. The van der Waals surface area contributed by atoms with Crippen molar-refractivity contribution in [3.63, 3.8) is 0 Å². The van der Waals surface area contributed by atoms with Crippen LogP contribution in [0.1, 0.15) is 16.7 Å². The number of rotatable bonds is 5. The standard InChI is InChI=1S/C23H15BrFNO3/c24-18-10-11-21(28-14-16-8-4-5-9-19(16)25)17(12-18)13-20-23(27)29-22(26-20)15-6-2-1-3-7-15/h1-13H,14H2/b20-13-. The van der Waals surface area contributed by atoms with Crippen molar-refractivity contribution >= 4 is 33.9 Å². The Morgan fingerprint density at radius 2 is 1.79 bits per heavy atom. The van der Waals surface area contributed by atoms with E-state index in [0.717, 1.165) is 10.0 Å². The van der Waals surface area contributed by atoms with Crippen LogP contribution in [-0.2, 0) is 16.1 Å². The van der Waals surface area contributed by atoms with E-state index in [1.807, 2.05) is 36.4 Å². The summed E-state index contributed by atoms with van der Waals surface area (Å²) in [6.45, 7) is 0.0630. The maximum atomic E-state index is 13.9. The number of nitrogens with zero attached hydrogens (tertiary/aromatic N) is 1. The predicted molar refractivity (Wildman–Crippen MR) is 112 cm³/mol. The largest absolute Gasteiger partial charge is 0.488 e. The first-order chi connectivity index (χ1) is 14.1. The minimum atomic E-state index is -0.538. The second-order valence-corrected chi connectivity index (χ2v) is 7.18. The van der Waals surface area contributed by atoms with Gasteiger partial charge in [-0.15, -0.1) is 0 Å². The molecular weight excluding hydrogens is 437 g/mol. The lowest BCUT2D eigenvalue weighted by molar-refractivity contribution is -0.129. The Kier molecular flexibility index (Phi) is 5.53. The van der Waals surface area contributed by atoms with Crippen LogP contribution in [0.2, 0.25) is 0 Å². The van der Waals surface area contributed by atoms with Crippen molar-refractivity contribution in [2.45, 2.75) is 6.61 Å². The van der Waals surface area contributed by atoms with Crippen molar-refractivity contribution in [3.05, 3.63) is 105 Å². The zero-order valence-corrected chi connectivity index (χ0v) is 16.7. The van der Waals surface area contributed by atoms with Gasteiger partial charge >= 0.3 is 5.97 Å². The van der Waals surface area contributed by atoms with Gasteiger partial charge in [0.15, 0.2) is 5.70 Å². The summed E-state index contributed by atoms with van der Waals surface area (Å²) in [6.07, 6.45) is 1.60. The Morgan fingerprint density at radius 3 is 2.59 bits per heavy atom. The van der Waals surface area contributed by atoms with E-state index in [-0.39, 0.29) is 24.0 Å². The molecule has 0 N–H and O–H groups in total. The summed E-state index contributed by atoms with van der Waals surface area (Å²) in [6, 6.07) is 21.0. The molecule has 29 heavy (non-hydrogen) atoms. The summed E-state index contributed by atoms with van der Waals surface area (Å²) in [4.78, 5) is 16.6. The van der Waals surface area contributed by atoms with Gasteiger partial charge in [0.2, 0.25) is 5.90 Å². The highest BCUT2D eigenvalue weighted by Crippen LogP contribution is 2.28. The molecule has 0 bridgehead atoms. The first-order valence-electron chi connectivity index (χ1n) is 8.84.